The van der Waals surface area contributed by atoms with Crippen LogP contribution in [0, 0.1) is 35.5 Å². The SMILES string of the molecule is CC1CCC(O)CC1C.CCOC(=O)C1CCN(Cc2ccc3cc(O)ccc3c2)CC1.CCOC(=O)C1CCN(Cc2ccc3cc(OC4CCC(C)C(C)C4)ccc3c2)CC1. The van der Waals surface area contributed by atoms with Crippen molar-refractivity contribution in [1.82, 2.24) is 9.80 Å². The molecule has 2 aliphatic heterocycles. The van der Waals surface area contributed by atoms with Crippen LogP contribution in [-0.4, -0.2) is 83.6 Å². The maximum atomic E-state index is 11.9. The molecule has 0 amide bonds. The molecule has 2 N–H and O–H groups in total. The summed E-state index contributed by atoms with van der Waals surface area (Å²) in [6, 6.07) is 25.0. The number of phenolic OH excluding ortho intramolecular Hbond substituents is 1. The Labute approximate surface area is 377 Å². The number of phenols is 1. The molecule has 344 valence electrons. The highest BCUT2D eigenvalue weighted by atomic mass is 16.5. The van der Waals surface area contributed by atoms with Gasteiger partial charge in [-0.05, 0) is 197 Å². The van der Waals surface area contributed by atoms with E-state index in [1.165, 1.54) is 34.7 Å². The highest BCUT2D eigenvalue weighted by molar-refractivity contribution is 5.85. The van der Waals surface area contributed by atoms with Crippen LogP contribution in [0.25, 0.3) is 21.5 Å². The Morgan fingerprint density at radius 3 is 1.51 bits per heavy atom. The molecule has 2 aliphatic carbocycles. The first-order chi connectivity index (χ1) is 30.4. The van der Waals surface area contributed by atoms with Crippen molar-refractivity contribution < 1.29 is 34.0 Å². The van der Waals surface area contributed by atoms with Gasteiger partial charge in [-0.25, -0.2) is 0 Å². The van der Waals surface area contributed by atoms with E-state index in [9.17, 15) is 19.8 Å². The number of esters is 2. The second kappa shape index (κ2) is 23.7. The number of hydrogen-bond acceptors (Lipinski definition) is 9. The second-order valence-electron chi connectivity index (χ2n) is 19.2. The molecule has 4 fully saturated rings. The van der Waals surface area contributed by atoms with Gasteiger partial charge < -0.3 is 24.4 Å². The number of fused-ring (bicyclic) bond motifs is 2. The number of carbonyl (C=O) groups is 2. The summed E-state index contributed by atoms with van der Waals surface area (Å²) in [5, 5.41) is 23.4. The fourth-order valence-electron chi connectivity index (χ4n) is 9.83. The third-order valence-corrected chi connectivity index (χ3v) is 14.4. The molecule has 4 aliphatic rings. The van der Waals surface area contributed by atoms with E-state index in [-0.39, 0.29) is 29.9 Å². The van der Waals surface area contributed by atoms with Crippen molar-refractivity contribution in [2.75, 3.05) is 39.4 Å². The smallest absolute Gasteiger partial charge is 0.309 e. The number of piperidine rings is 2. The standard InChI is InChI=1S/C27H37NO3.C19H23NO3.C8H16O/c1-4-30-27(29)22-11-13-28(14-12-22)18-21-6-7-24-17-26(10-8-23(24)16-21)31-25-9-5-19(2)20(3)15-25;1-2-23-19(22)15-7-9-20(10-8-15)13-14-3-4-17-12-18(21)6-5-16(17)11-14;1-6-3-4-8(9)5-7(6)2/h6-8,10,16-17,19-20,22,25H,4-5,9,11-15,18H2,1-3H3;3-6,11-12,15,21H,2,7-10,13H2,1H3;6-9H,3-5H2,1-2H3. The van der Waals surface area contributed by atoms with Crippen LogP contribution in [-0.2, 0) is 32.2 Å². The number of aromatic hydroxyl groups is 1. The second-order valence-corrected chi connectivity index (χ2v) is 19.2. The van der Waals surface area contributed by atoms with Crippen molar-refractivity contribution in [2.45, 2.75) is 131 Å². The molecule has 6 unspecified atom stereocenters. The number of hydrogen-bond donors (Lipinski definition) is 2. The van der Waals surface area contributed by atoms with Gasteiger partial charge in [0, 0.05) is 13.1 Å². The van der Waals surface area contributed by atoms with Gasteiger partial charge in [0.15, 0.2) is 0 Å². The van der Waals surface area contributed by atoms with Crippen LogP contribution < -0.4 is 4.74 Å². The summed E-state index contributed by atoms with van der Waals surface area (Å²) in [5.41, 5.74) is 2.59. The lowest BCUT2D eigenvalue weighted by Crippen LogP contribution is -2.36. The van der Waals surface area contributed by atoms with Gasteiger partial charge in [0.25, 0.3) is 0 Å². The number of aliphatic hydroxyl groups is 1. The van der Waals surface area contributed by atoms with Crippen molar-refractivity contribution in [1.29, 1.82) is 0 Å². The van der Waals surface area contributed by atoms with E-state index in [4.69, 9.17) is 14.2 Å². The summed E-state index contributed by atoms with van der Waals surface area (Å²) in [7, 11) is 0. The van der Waals surface area contributed by atoms with Crippen molar-refractivity contribution in [3.63, 3.8) is 0 Å². The molecule has 0 bridgehead atoms. The Hall–Kier alpha value is -4.18. The molecule has 0 radical (unpaired) electrons. The zero-order valence-corrected chi connectivity index (χ0v) is 39.1. The number of nitrogens with zero attached hydrogens (tertiary/aromatic N) is 2. The van der Waals surface area contributed by atoms with Crippen LogP contribution in [0.5, 0.6) is 11.5 Å². The first kappa shape index (κ1) is 48.3. The van der Waals surface area contributed by atoms with Crippen LogP contribution in [0.2, 0.25) is 0 Å². The minimum atomic E-state index is -0.0438. The lowest BCUT2D eigenvalue weighted by molar-refractivity contribution is -0.150. The number of ether oxygens (including phenoxy) is 3. The van der Waals surface area contributed by atoms with E-state index in [1.807, 2.05) is 19.9 Å². The Bertz CT molecular complexity index is 2050. The van der Waals surface area contributed by atoms with Crippen LogP contribution in [0.4, 0.5) is 0 Å². The lowest BCUT2D eigenvalue weighted by atomic mass is 9.80. The minimum absolute atomic E-state index is 0.00352. The molecular formula is C54H76N2O7. The van der Waals surface area contributed by atoms with E-state index in [0.29, 0.717) is 25.1 Å². The van der Waals surface area contributed by atoms with E-state index in [1.54, 1.807) is 12.1 Å². The zero-order valence-electron chi connectivity index (χ0n) is 39.1. The Morgan fingerprint density at radius 1 is 0.556 bits per heavy atom. The fourth-order valence-corrected chi connectivity index (χ4v) is 9.83. The zero-order chi connectivity index (χ0) is 44.9. The molecule has 9 nitrogen and oxygen atoms in total. The summed E-state index contributed by atoms with van der Waals surface area (Å²) < 4.78 is 16.6. The van der Waals surface area contributed by atoms with Crippen LogP contribution >= 0.6 is 0 Å². The van der Waals surface area contributed by atoms with Gasteiger partial charge in [0.2, 0.25) is 0 Å². The van der Waals surface area contributed by atoms with E-state index >= 15 is 0 Å². The topological polar surface area (TPSA) is 109 Å². The van der Waals surface area contributed by atoms with E-state index in [0.717, 1.165) is 131 Å². The number of carbonyl (C=O) groups excluding carboxylic acids is 2. The number of benzene rings is 4. The van der Waals surface area contributed by atoms with Crippen LogP contribution in [0.15, 0.2) is 72.8 Å². The highest BCUT2D eigenvalue weighted by Gasteiger charge is 2.28. The van der Waals surface area contributed by atoms with Crippen LogP contribution in [0.3, 0.4) is 0 Å². The molecule has 6 atom stereocenters. The first-order valence-electron chi connectivity index (χ1n) is 24.2. The molecular weight excluding hydrogens is 789 g/mol. The molecule has 4 aromatic rings. The van der Waals surface area contributed by atoms with Gasteiger partial charge in [0.1, 0.15) is 11.5 Å². The van der Waals surface area contributed by atoms with Gasteiger partial charge in [-0.1, -0.05) is 64.1 Å². The largest absolute Gasteiger partial charge is 0.508 e. The van der Waals surface area contributed by atoms with Crippen LogP contribution in [0.1, 0.15) is 117 Å². The summed E-state index contributed by atoms with van der Waals surface area (Å²) in [6.07, 6.45) is 10.7. The normalized spacial score (nSPS) is 25.0. The lowest BCUT2D eigenvalue weighted by Gasteiger charge is -2.32. The average molecular weight is 865 g/mol. The quantitative estimate of drug-likeness (QED) is 0.151. The van der Waals surface area contributed by atoms with Crippen molar-refractivity contribution in [2.24, 2.45) is 35.5 Å². The molecule has 2 saturated heterocycles. The van der Waals surface area contributed by atoms with Gasteiger partial charge in [-0.3, -0.25) is 19.4 Å². The molecule has 4 aromatic carbocycles. The summed E-state index contributed by atoms with van der Waals surface area (Å²) in [5.74, 6) is 4.46. The van der Waals surface area contributed by atoms with E-state index < -0.39 is 0 Å². The number of likely N-dealkylation sites (tertiary alicyclic amines) is 2. The third kappa shape index (κ3) is 14.4. The summed E-state index contributed by atoms with van der Waals surface area (Å²) in [6.45, 7) is 19.5. The maximum absolute atomic E-state index is 11.9. The van der Waals surface area contributed by atoms with Gasteiger partial charge >= 0.3 is 11.9 Å². The molecule has 0 spiro atoms. The Balaban J connectivity index is 0.000000180. The number of rotatable bonds is 10. The van der Waals surface area contributed by atoms with Gasteiger partial charge in [0.05, 0.1) is 37.3 Å². The minimum Gasteiger partial charge on any atom is -0.508 e. The maximum Gasteiger partial charge on any atom is 0.309 e. The molecule has 2 saturated carbocycles. The predicted molar refractivity (Wildman–Crippen MR) is 254 cm³/mol. The molecule has 63 heavy (non-hydrogen) atoms. The summed E-state index contributed by atoms with van der Waals surface area (Å²) in [4.78, 5) is 28.5. The van der Waals surface area contributed by atoms with Crippen molar-refractivity contribution in [3.05, 3.63) is 83.9 Å². The van der Waals surface area contributed by atoms with Crippen molar-refractivity contribution in [3.8, 4) is 11.5 Å². The third-order valence-electron chi connectivity index (χ3n) is 14.4. The fraction of sp³-hybridized carbons (Fsp3) is 0.593. The first-order valence-corrected chi connectivity index (χ1v) is 24.2. The molecule has 8 rings (SSSR count). The van der Waals surface area contributed by atoms with Gasteiger partial charge in [-0.15, -0.1) is 0 Å². The molecule has 9 heteroatoms. The molecule has 0 aromatic heterocycles. The molecule has 2 heterocycles. The number of aliphatic hydroxyl groups excluding tert-OH is 1. The average Bonchev–Trinajstić information content (AvgIpc) is 3.27. The van der Waals surface area contributed by atoms with Gasteiger partial charge in [-0.2, -0.15) is 0 Å². The monoisotopic (exact) mass is 865 g/mol. The van der Waals surface area contributed by atoms with Crippen molar-refractivity contribution >= 4 is 33.5 Å². The summed E-state index contributed by atoms with van der Waals surface area (Å²) >= 11 is 0. The highest BCUT2D eigenvalue weighted by Crippen LogP contribution is 2.33. The Kier molecular flexibility index (Phi) is 18.1. The Morgan fingerprint density at radius 2 is 1.02 bits per heavy atom. The predicted octanol–water partition coefficient (Wildman–Crippen LogP) is 10.9. The van der Waals surface area contributed by atoms with E-state index in [2.05, 4.69) is 92.1 Å².